The quantitative estimate of drug-likeness (QED) is 0.580. The minimum Gasteiger partial charge on any atom is -0.336 e. The lowest BCUT2D eigenvalue weighted by molar-refractivity contribution is -0.140. The number of nitriles is 1. The van der Waals surface area contributed by atoms with Crippen LogP contribution < -0.4 is 0 Å². The molecule has 2 amide bonds. The second kappa shape index (κ2) is 9.48. The van der Waals surface area contributed by atoms with Gasteiger partial charge in [-0.25, -0.2) is 4.98 Å². The van der Waals surface area contributed by atoms with Gasteiger partial charge in [-0.1, -0.05) is 42.5 Å². The monoisotopic (exact) mass is 427 g/mol. The molecule has 1 aromatic heterocycles. The number of benzene rings is 2. The minimum atomic E-state index is -0.430. The van der Waals surface area contributed by atoms with Gasteiger partial charge in [0.15, 0.2) is 0 Å². The molecule has 1 atom stereocenters. The highest BCUT2D eigenvalue weighted by Crippen LogP contribution is 2.20. The largest absolute Gasteiger partial charge is 0.336 e. The molecule has 0 radical (unpaired) electrons. The van der Waals surface area contributed by atoms with Crippen LogP contribution in [0.2, 0.25) is 0 Å². The lowest BCUT2D eigenvalue weighted by atomic mass is 10.1. The molecule has 2 aromatic carbocycles. The van der Waals surface area contributed by atoms with Gasteiger partial charge < -0.3 is 14.4 Å². The summed E-state index contributed by atoms with van der Waals surface area (Å²) in [5.74, 6) is -0.109. The summed E-state index contributed by atoms with van der Waals surface area (Å²) in [5.41, 5.74) is 3.51. The van der Waals surface area contributed by atoms with E-state index in [1.54, 1.807) is 36.6 Å². The maximum Gasteiger partial charge on any atom is 0.245 e. The Kier molecular flexibility index (Phi) is 6.31. The molecular formula is C25H25N5O2. The van der Waals surface area contributed by atoms with Crippen molar-refractivity contribution in [3.63, 3.8) is 0 Å². The van der Waals surface area contributed by atoms with Crippen molar-refractivity contribution in [1.82, 2.24) is 19.4 Å². The maximum atomic E-state index is 13.0. The van der Waals surface area contributed by atoms with Crippen LogP contribution in [0.15, 0.2) is 67.1 Å². The molecule has 32 heavy (non-hydrogen) atoms. The van der Waals surface area contributed by atoms with Crippen LogP contribution in [0.4, 0.5) is 0 Å². The fourth-order valence-corrected chi connectivity index (χ4v) is 4.02. The average molecular weight is 428 g/mol. The number of likely N-dealkylation sites (tertiary alicyclic amines) is 1. The Morgan fingerprint density at radius 3 is 2.56 bits per heavy atom. The van der Waals surface area contributed by atoms with Gasteiger partial charge in [0.1, 0.15) is 6.04 Å². The second-order valence-electron chi connectivity index (χ2n) is 8.05. The summed E-state index contributed by atoms with van der Waals surface area (Å²) in [5, 5.41) is 8.94. The molecular weight excluding hydrogens is 402 g/mol. The van der Waals surface area contributed by atoms with Crippen LogP contribution >= 0.6 is 0 Å². The van der Waals surface area contributed by atoms with Gasteiger partial charge in [-0.2, -0.15) is 5.26 Å². The third kappa shape index (κ3) is 4.70. The van der Waals surface area contributed by atoms with Crippen LogP contribution in [0.5, 0.6) is 0 Å². The average Bonchev–Trinajstić information content (AvgIpc) is 3.40. The molecule has 1 aliphatic heterocycles. The number of likely N-dealkylation sites (N-methyl/N-ethyl adjacent to an activating group) is 1. The molecule has 3 aromatic rings. The molecule has 0 bridgehead atoms. The van der Waals surface area contributed by atoms with E-state index in [-0.39, 0.29) is 18.2 Å². The van der Waals surface area contributed by atoms with Crippen LogP contribution in [0.3, 0.4) is 0 Å². The molecule has 0 saturated carbocycles. The number of hydrogen-bond acceptors (Lipinski definition) is 4. The Morgan fingerprint density at radius 1 is 1.12 bits per heavy atom. The molecule has 1 aliphatic rings. The lowest BCUT2D eigenvalue weighted by Crippen LogP contribution is -2.43. The van der Waals surface area contributed by atoms with Crippen LogP contribution in [-0.4, -0.2) is 50.8 Å². The van der Waals surface area contributed by atoms with Crippen LogP contribution in [-0.2, 0) is 29.1 Å². The molecule has 1 fully saturated rings. The Morgan fingerprint density at radius 2 is 1.84 bits per heavy atom. The van der Waals surface area contributed by atoms with Gasteiger partial charge in [0.25, 0.3) is 0 Å². The van der Waals surface area contributed by atoms with Gasteiger partial charge in [-0.05, 0) is 29.7 Å². The van der Waals surface area contributed by atoms with Gasteiger partial charge in [-0.15, -0.1) is 0 Å². The Bertz CT molecular complexity index is 1130. The summed E-state index contributed by atoms with van der Waals surface area (Å²) in [7, 11) is 1.71. The zero-order valence-electron chi connectivity index (χ0n) is 18.0. The van der Waals surface area contributed by atoms with Crippen molar-refractivity contribution in [2.75, 3.05) is 13.6 Å². The van der Waals surface area contributed by atoms with Crippen molar-refractivity contribution in [3.8, 4) is 6.07 Å². The first-order valence-electron chi connectivity index (χ1n) is 10.6. The molecule has 7 nitrogen and oxygen atoms in total. The maximum absolute atomic E-state index is 13.0. The van der Waals surface area contributed by atoms with E-state index in [4.69, 9.17) is 5.26 Å². The first-order chi connectivity index (χ1) is 15.5. The Labute approximate surface area is 187 Å². The smallest absolute Gasteiger partial charge is 0.245 e. The summed E-state index contributed by atoms with van der Waals surface area (Å²) < 4.78 is 1.92. The zero-order valence-corrected chi connectivity index (χ0v) is 18.0. The highest BCUT2D eigenvalue weighted by Gasteiger charge is 2.36. The van der Waals surface area contributed by atoms with Crippen LogP contribution in [0.1, 0.15) is 28.8 Å². The number of hydrogen-bond donors (Lipinski definition) is 0. The topological polar surface area (TPSA) is 82.2 Å². The first-order valence-corrected chi connectivity index (χ1v) is 10.6. The van der Waals surface area contributed by atoms with Gasteiger partial charge in [-0.3, -0.25) is 9.59 Å². The molecule has 4 rings (SSSR count). The van der Waals surface area contributed by atoms with E-state index in [0.29, 0.717) is 31.6 Å². The molecule has 1 saturated heterocycles. The normalized spacial score (nSPS) is 15.6. The van der Waals surface area contributed by atoms with E-state index in [0.717, 1.165) is 16.8 Å². The predicted molar refractivity (Wildman–Crippen MR) is 119 cm³/mol. The summed E-state index contributed by atoms with van der Waals surface area (Å²) >= 11 is 0. The minimum absolute atomic E-state index is 0.00390. The van der Waals surface area contributed by atoms with Gasteiger partial charge >= 0.3 is 0 Å². The number of rotatable bonds is 7. The third-order valence-electron chi connectivity index (χ3n) is 5.91. The molecule has 0 aliphatic carbocycles. The van der Waals surface area contributed by atoms with E-state index in [2.05, 4.69) is 11.1 Å². The number of amides is 2. The SMILES string of the molecule is CN(C(=O)Cc1cncn1Cc1ccc(C#N)cc1)[C@H]1CCN(Cc2ccccc2)C1=O. The predicted octanol–water partition coefficient (Wildman–Crippen LogP) is 2.61. The Hall–Kier alpha value is -3.92. The van der Waals surface area contributed by atoms with Crippen LogP contribution in [0, 0.1) is 11.3 Å². The number of aromatic nitrogens is 2. The van der Waals surface area contributed by atoms with Crippen molar-refractivity contribution in [3.05, 3.63) is 89.5 Å². The number of carbonyl (C=O) groups is 2. The summed E-state index contributed by atoms with van der Waals surface area (Å²) in [6.07, 6.45) is 4.20. The van der Waals surface area contributed by atoms with Crippen LogP contribution in [0.25, 0.3) is 0 Å². The fourth-order valence-electron chi connectivity index (χ4n) is 4.02. The van der Waals surface area contributed by atoms with Crippen molar-refractivity contribution < 1.29 is 9.59 Å². The van der Waals surface area contributed by atoms with Crippen molar-refractivity contribution >= 4 is 11.8 Å². The van der Waals surface area contributed by atoms with E-state index in [9.17, 15) is 9.59 Å². The van der Waals surface area contributed by atoms with Crippen molar-refractivity contribution in [2.45, 2.75) is 32.0 Å². The number of nitrogens with zero attached hydrogens (tertiary/aromatic N) is 5. The fraction of sp³-hybridized carbons (Fsp3) is 0.280. The highest BCUT2D eigenvalue weighted by molar-refractivity contribution is 5.89. The summed E-state index contributed by atoms with van der Waals surface area (Å²) in [6.45, 7) is 1.77. The molecule has 162 valence electrons. The zero-order chi connectivity index (χ0) is 22.5. The third-order valence-corrected chi connectivity index (χ3v) is 5.91. The van der Waals surface area contributed by atoms with E-state index in [1.807, 2.05) is 51.9 Å². The molecule has 0 unspecified atom stereocenters. The Balaban J connectivity index is 1.37. The van der Waals surface area contributed by atoms with Crippen molar-refractivity contribution in [1.29, 1.82) is 5.26 Å². The van der Waals surface area contributed by atoms with Gasteiger partial charge in [0.05, 0.1) is 24.4 Å². The first kappa shape index (κ1) is 21.3. The van der Waals surface area contributed by atoms with Gasteiger partial charge in [0.2, 0.25) is 11.8 Å². The number of carbonyl (C=O) groups excluding carboxylic acids is 2. The van der Waals surface area contributed by atoms with E-state index < -0.39 is 6.04 Å². The highest BCUT2D eigenvalue weighted by atomic mass is 16.2. The standard InChI is InChI=1S/C25H25N5O2/c1-28(23-11-12-29(25(23)32)16-20-5-3-2-4-6-20)24(31)13-22-15-27-18-30(22)17-21-9-7-19(14-26)8-10-21/h2-10,15,18,23H,11-13,16-17H2,1H3/t23-/m0/s1. The summed E-state index contributed by atoms with van der Waals surface area (Å²) in [6, 6.07) is 18.9. The van der Waals surface area contributed by atoms with E-state index >= 15 is 0 Å². The second-order valence-corrected chi connectivity index (χ2v) is 8.05. The molecule has 0 spiro atoms. The van der Waals surface area contributed by atoms with E-state index in [1.165, 1.54) is 0 Å². The van der Waals surface area contributed by atoms with Crippen molar-refractivity contribution in [2.24, 2.45) is 0 Å². The van der Waals surface area contributed by atoms with Gasteiger partial charge in [0, 0.05) is 38.6 Å². The lowest BCUT2D eigenvalue weighted by Gasteiger charge is -2.24. The molecule has 7 heteroatoms. The number of imidazole rings is 1. The molecule has 2 heterocycles. The molecule has 0 N–H and O–H groups in total. The summed E-state index contributed by atoms with van der Waals surface area (Å²) in [4.78, 5) is 33.5.